The Hall–Kier alpha value is -4.05. The molecular weight excluding hydrogens is 458 g/mol. The number of carbonyl (C=O) groups is 1. The van der Waals surface area contributed by atoms with E-state index in [1.54, 1.807) is 67.8 Å². The molecule has 1 N–H and O–H groups in total. The standard InChI is InChI=1S/C24H25N3O6S/c1-31-20-9-7-8-19(14-20)27(34(29,30)22-10-5-4-6-11-22)17-24(28)26-25-16-18-12-13-21(32-2)15-23(18)33-3/h4-16H,17H2,1-3H3,(H,26,28)/b25-16-. The molecule has 0 atom stereocenters. The molecule has 34 heavy (non-hydrogen) atoms. The van der Waals surface area contributed by atoms with E-state index in [0.29, 0.717) is 22.8 Å². The Bertz CT molecular complexity index is 1260. The van der Waals surface area contributed by atoms with Crippen molar-refractivity contribution in [2.75, 3.05) is 32.2 Å². The Kier molecular flexibility index (Phi) is 8.10. The van der Waals surface area contributed by atoms with Crippen molar-refractivity contribution in [2.45, 2.75) is 4.90 Å². The summed E-state index contributed by atoms with van der Waals surface area (Å²) in [5.74, 6) is 0.932. The van der Waals surface area contributed by atoms with Crippen LogP contribution in [0.1, 0.15) is 5.56 Å². The van der Waals surface area contributed by atoms with Gasteiger partial charge >= 0.3 is 0 Å². The lowest BCUT2D eigenvalue weighted by Gasteiger charge is -2.24. The molecule has 3 aromatic carbocycles. The summed E-state index contributed by atoms with van der Waals surface area (Å²) in [6.07, 6.45) is 1.40. The lowest BCUT2D eigenvalue weighted by atomic mass is 10.2. The van der Waals surface area contributed by atoms with Crippen LogP contribution in [-0.4, -0.2) is 48.4 Å². The zero-order valence-electron chi connectivity index (χ0n) is 19.0. The van der Waals surface area contributed by atoms with E-state index < -0.39 is 22.5 Å². The third kappa shape index (κ3) is 5.84. The zero-order chi connectivity index (χ0) is 24.6. The SMILES string of the molecule is COc1cccc(N(CC(=O)N/N=C\c2ccc(OC)cc2OC)S(=O)(=O)c2ccccc2)c1. The van der Waals surface area contributed by atoms with Crippen molar-refractivity contribution in [2.24, 2.45) is 5.10 Å². The number of amides is 1. The molecule has 178 valence electrons. The van der Waals surface area contributed by atoms with Crippen LogP contribution < -0.4 is 23.9 Å². The van der Waals surface area contributed by atoms with Gasteiger partial charge in [-0.05, 0) is 36.4 Å². The first-order valence-electron chi connectivity index (χ1n) is 10.1. The van der Waals surface area contributed by atoms with E-state index in [1.807, 2.05) is 0 Å². The fourth-order valence-electron chi connectivity index (χ4n) is 3.07. The number of nitrogens with one attached hydrogen (secondary N) is 1. The highest BCUT2D eigenvalue weighted by Crippen LogP contribution is 2.27. The van der Waals surface area contributed by atoms with Gasteiger partial charge in [-0.1, -0.05) is 24.3 Å². The van der Waals surface area contributed by atoms with Crippen molar-refractivity contribution in [3.63, 3.8) is 0 Å². The van der Waals surface area contributed by atoms with E-state index in [0.717, 1.165) is 4.31 Å². The van der Waals surface area contributed by atoms with Gasteiger partial charge in [0.25, 0.3) is 15.9 Å². The van der Waals surface area contributed by atoms with Gasteiger partial charge in [-0.15, -0.1) is 0 Å². The summed E-state index contributed by atoms with van der Waals surface area (Å²) >= 11 is 0. The van der Waals surface area contributed by atoms with Crippen LogP contribution in [0, 0.1) is 0 Å². The minimum atomic E-state index is -4.04. The molecule has 3 rings (SSSR count). The van der Waals surface area contributed by atoms with Crippen LogP contribution in [0.25, 0.3) is 0 Å². The van der Waals surface area contributed by atoms with Crippen LogP contribution in [0.4, 0.5) is 5.69 Å². The summed E-state index contributed by atoms with van der Waals surface area (Å²) in [7, 11) is 0.485. The fraction of sp³-hybridized carbons (Fsp3) is 0.167. The summed E-state index contributed by atoms with van der Waals surface area (Å²) in [4.78, 5) is 12.7. The number of anilines is 1. The summed E-state index contributed by atoms with van der Waals surface area (Å²) in [5.41, 5.74) is 3.25. The highest BCUT2D eigenvalue weighted by molar-refractivity contribution is 7.92. The minimum Gasteiger partial charge on any atom is -0.497 e. The number of hydrazone groups is 1. The highest BCUT2D eigenvalue weighted by atomic mass is 32.2. The van der Waals surface area contributed by atoms with Crippen molar-refractivity contribution in [1.82, 2.24) is 5.43 Å². The van der Waals surface area contributed by atoms with E-state index in [4.69, 9.17) is 14.2 Å². The molecule has 9 nitrogen and oxygen atoms in total. The van der Waals surface area contributed by atoms with Gasteiger partial charge < -0.3 is 14.2 Å². The molecule has 3 aromatic rings. The predicted octanol–water partition coefficient (Wildman–Crippen LogP) is 3.06. The van der Waals surface area contributed by atoms with Crippen molar-refractivity contribution >= 4 is 27.8 Å². The van der Waals surface area contributed by atoms with Crippen molar-refractivity contribution in [3.8, 4) is 17.2 Å². The van der Waals surface area contributed by atoms with Gasteiger partial charge in [-0.3, -0.25) is 9.10 Å². The average Bonchev–Trinajstić information content (AvgIpc) is 2.87. The van der Waals surface area contributed by atoms with Crippen molar-refractivity contribution in [3.05, 3.63) is 78.4 Å². The average molecular weight is 484 g/mol. The van der Waals surface area contributed by atoms with Crippen LogP contribution >= 0.6 is 0 Å². The van der Waals surface area contributed by atoms with Crippen LogP contribution in [0.2, 0.25) is 0 Å². The molecule has 0 saturated heterocycles. The second kappa shape index (κ2) is 11.2. The van der Waals surface area contributed by atoms with Crippen LogP contribution in [-0.2, 0) is 14.8 Å². The van der Waals surface area contributed by atoms with E-state index in [1.165, 1.54) is 32.6 Å². The van der Waals surface area contributed by atoms with E-state index in [9.17, 15) is 13.2 Å². The topological polar surface area (TPSA) is 107 Å². The van der Waals surface area contributed by atoms with Gasteiger partial charge in [0.2, 0.25) is 0 Å². The normalized spacial score (nSPS) is 11.1. The molecule has 0 radical (unpaired) electrons. The molecule has 0 heterocycles. The molecule has 0 aliphatic rings. The Balaban J connectivity index is 1.84. The summed E-state index contributed by atoms with van der Waals surface area (Å²) in [6.45, 7) is -0.499. The predicted molar refractivity (Wildman–Crippen MR) is 129 cm³/mol. The maximum Gasteiger partial charge on any atom is 0.264 e. The second-order valence-corrected chi connectivity index (χ2v) is 8.79. The molecule has 0 aromatic heterocycles. The smallest absolute Gasteiger partial charge is 0.264 e. The number of nitrogens with zero attached hydrogens (tertiary/aromatic N) is 2. The number of rotatable bonds is 10. The molecular formula is C24H25N3O6S. The van der Waals surface area contributed by atoms with Crippen LogP contribution in [0.5, 0.6) is 17.2 Å². The molecule has 0 saturated carbocycles. The maximum atomic E-state index is 13.3. The molecule has 0 aliphatic heterocycles. The largest absolute Gasteiger partial charge is 0.497 e. The van der Waals surface area contributed by atoms with Gasteiger partial charge in [0.05, 0.1) is 38.1 Å². The van der Waals surface area contributed by atoms with E-state index in [2.05, 4.69) is 10.5 Å². The fourth-order valence-corrected chi connectivity index (χ4v) is 4.50. The van der Waals surface area contributed by atoms with Crippen LogP contribution in [0.15, 0.2) is 82.8 Å². The number of ether oxygens (including phenoxy) is 3. The lowest BCUT2D eigenvalue weighted by molar-refractivity contribution is -0.119. The second-order valence-electron chi connectivity index (χ2n) is 6.93. The molecule has 0 unspecified atom stereocenters. The Morgan fingerprint density at radius 3 is 2.29 bits per heavy atom. The van der Waals surface area contributed by atoms with Gasteiger partial charge in [-0.2, -0.15) is 5.10 Å². The van der Waals surface area contributed by atoms with Crippen LogP contribution in [0.3, 0.4) is 0 Å². The zero-order valence-corrected chi connectivity index (χ0v) is 19.8. The third-order valence-electron chi connectivity index (χ3n) is 4.79. The number of sulfonamides is 1. The molecule has 0 bridgehead atoms. The molecule has 0 aliphatic carbocycles. The lowest BCUT2D eigenvalue weighted by Crippen LogP contribution is -2.39. The number of benzene rings is 3. The molecule has 10 heteroatoms. The number of hydrogen-bond donors (Lipinski definition) is 1. The Morgan fingerprint density at radius 1 is 0.912 bits per heavy atom. The number of carbonyl (C=O) groups excluding carboxylic acids is 1. The monoisotopic (exact) mass is 483 g/mol. The third-order valence-corrected chi connectivity index (χ3v) is 6.58. The van der Waals surface area contributed by atoms with Crippen molar-refractivity contribution in [1.29, 1.82) is 0 Å². The Labute approximate surface area is 198 Å². The quantitative estimate of drug-likeness (QED) is 0.351. The van der Waals surface area contributed by atoms with Gasteiger partial charge in [0, 0.05) is 17.7 Å². The highest BCUT2D eigenvalue weighted by Gasteiger charge is 2.27. The first-order valence-corrected chi connectivity index (χ1v) is 11.6. The maximum absolute atomic E-state index is 13.3. The van der Waals surface area contributed by atoms with E-state index in [-0.39, 0.29) is 10.6 Å². The van der Waals surface area contributed by atoms with Gasteiger partial charge in [-0.25, -0.2) is 13.8 Å². The molecule has 0 spiro atoms. The summed E-state index contributed by atoms with van der Waals surface area (Å²) < 4.78 is 43.4. The van der Waals surface area contributed by atoms with Crippen molar-refractivity contribution < 1.29 is 27.4 Å². The first kappa shape index (κ1) is 24.6. The summed E-state index contributed by atoms with van der Waals surface area (Å²) in [5, 5.41) is 3.95. The number of hydrogen-bond acceptors (Lipinski definition) is 7. The molecule has 0 fully saturated rings. The van der Waals surface area contributed by atoms with Gasteiger partial charge in [0.15, 0.2) is 0 Å². The Morgan fingerprint density at radius 2 is 1.62 bits per heavy atom. The summed E-state index contributed by atoms with van der Waals surface area (Å²) in [6, 6.07) is 19.5. The first-order chi connectivity index (χ1) is 16.4. The van der Waals surface area contributed by atoms with E-state index >= 15 is 0 Å². The van der Waals surface area contributed by atoms with Gasteiger partial charge in [0.1, 0.15) is 23.8 Å². The molecule has 1 amide bonds. The number of methoxy groups -OCH3 is 3. The minimum absolute atomic E-state index is 0.0529.